The summed E-state index contributed by atoms with van der Waals surface area (Å²) in [4.78, 5) is 12.5. The van der Waals surface area contributed by atoms with Gasteiger partial charge in [-0.15, -0.1) is 0 Å². The number of rotatable bonds is 6. The van der Waals surface area contributed by atoms with Crippen LogP contribution in [-0.2, 0) is 6.42 Å². The molecule has 0 aliphatic heterocycles. The number of H-pyrrole nitrogens is 1. The summed E-state index contributed by atoms with van der Waals surface area (Å²) in [5.41, 5.74) is 2.93. The molecule has 2 aromatic heterocycles. The van der Waals surface area contributed by atoms with Crippen LogP contribution in [0.4, 0.5) is 0 Å². The molecule has 0 radical (unpaired) electrons. The molecule has 0 bridgehead atoms. The molecule has 7 heteroatoms. The number of benzene rings is 2. The van der Waals surface area contributed by atoms with Gasteiger partial charge in [0.1, 0.15) is 0 Å². The van der Waals surface area contributed by atoms with Gasteiger partial charge in [0.2, 0.25) is 0 Å². The van der Waals surface area contributed by atoms with Crippen molar-refractivity contribution in [3.8, 4) is 11.3 Å². The maximum absolute atomic E-state index is 12.5. The van der Waals surface area contributed by atoms with Crippen molar-refractivity contribution in [3.05, 3.63) is 72.1 Å². The maximum atomic E-state index is 12.5. The minimum atomic E-state index is -0.401. The first-order valence-electron chi connectivity index (χ1n) is 8.59. The molecule has 0 saturated carbocycles. The van der Waals surface area contributed by atoms with Crippen LogP contribution in [0.3, 0.4) is 0 Å². The molecule has 0 spiro atoms. The summed E-state index contributed by atoms with van der Waals surface area (Å²) >= 11 is 0. The van der Waals surface area contributed by atoms with Crippen molar-refractivity contribution in [3.63, 3.8) is 0 Å². The van der Waals surface area contributed by atoms with Gasteiger partial charge in [-0.1, -0.05) is 35.5 Å². The average molecular weight is 362 g/mol. The standard InChI is InChI=1S/C20H18N4O3/c25-12-16(8-13-4-2-1-3-5-13)22-20(26)18-10-19(27-24-18)14-6-7-17-15(9-14)11-21-23-17/h1-7,9-11,16,25H,8,12H2,(H,21,23)(H,22,26). The zero-order chi connectivity index (χ0) is 18.6. The first-order valence-corrected chi connectivity index (χ1v) is 8.59. The van der Waals surface area contributed by atoms with Gasteiger partial charge in [-0.25, -0.2) is 0 Å². The molecule has 0 aliphatic rings. The molecule has 3 N–H and O–H groups in total. The molecule has 136 valence electrons. The quantitative estimate of drug-likeness (QED) is 0.489. The third-order valence-electron chi connectivity index (χ3n) is 4.35. The van der Waals surface area contributed by atoms with E-state index in [1.807, 2.05) is 48.5 Å². The van der Waals surface area contributed by atoms with Crippen molar-refractivity contribution in [1.82, 2.24) is 20.7 Å². The van der Waals surface area contributed by atoms with E-state index in [0.717, 1.165) is 22.0 Å². The Labute approximate surface area is 155 Å². The lowest BCUT2D eigenvalue weighted by atomic mass is 10.1. The minimum absolute atomic E-state index is 0.164. The van der Waals surface area contributed by atoms with E-state index >= 15 is 0 Å². The molecular weight excluding hydrogens is 344 g/mol. The molecule has 0 aliphatic carbocycles. The summed E-state index contributed by atoms with van der Waals surface area (Å²) < 4.78 is 5.33. The summed E-state index contributed by atoms with van der Waals surface area (Å²) in [5.74, 6) is 0.108. The third-order valence-corrected chi connectivity index (χ3v) is 4.35. The highest BCUT2D eigenvalue weighted by molar-refractivity contribution is 5.93. The molecule has 27 heavy (non-hydrogen) atoms. The largest absolute Gasteiger partial charge is 0.394 e. The Balaban J connectivity index is 1.47. The summed E-state index contributed by atoms with van der Waals surface area (Å²) in [6, 6.07) is 16.5. The zero-order valence-electron chi connectivity index (χ0n) is 14.4. The number of nitrogens with zero attached hydrogens (tertiary/aromatic N) is 2. The number of aliphatic hydroxyl groups is 1. The molecule has 7 nitrogen and oxygen atoms in total. The van der Waals surface area contributed by atoms with Gasteiger partial charge in [-0.2, -0.15) is 5.10 Å². The van der Waals surface area contributed by atoms with Crippen molar-refractivity contribution in [2.24, 2.45) is 0 Å². The summed E-state index contributed by atoms with van der Waals surface area (Å²) in [7, 11) is 0. The topological polar surface area (TPSA) is 104 Å². The molecule has 1 amide bonds. The van der Waals surface area contributed by atoms with Crippen LogP contribution >= 0.6 is 0 Å². The molecule has 4 aromatic rings. The smallest absolute Gasteiger partial charge is 0.273 e. The van der Waals surface area contributed by atoms with Crippen LogP contribution in [-0.4, -0.2) is 39.0 Å². The van der Waals surface area contributed by atoms with Crippen LogP contribution in [0.2, 0.25) is 0 Å². The average Bonchev–Trinajstić information content (AvgIpc) is 3.37. The Bertz CT molecular complexity index is 1060. The minimum Gasteiger partial charge on any atom is -0.394 e. The molecule has 2 aromatic carbocycles. The van der Waals surface area contributed by atoms with Gasteiger partial charge in [0.05, 0.1) is 24.4 Å². The maximum Gasteiger partial charge on any atom is 0.273 e. The van der Waals surface area contributed by atoms with Gasteiger partial charge in [0.15, 0.2) is 11.5 Å². The van der Waals surface area contributed by atoms with Crippen molar-refractivity contribution >= 4 is 16.8 Å². The van der Waals surface area contributed by atoms with E-state index in [1.165, 1.54) is 0 Å². The van der Waals surface area contributed by atoms with Crippen LogP contribution in [0.25, 0.3) is 22.2 Å². The van der Waals surface area contributed by atoms with Crippen molar-refractivity contribution < 1.29 is 14.4 Å². The first-order chi connectivity index (χ1) is 13.2. The lowest BCUT2D eigenvalue weighted by Crippen LogP contribution is -2.39. The lowest BCUT2D eigenvalue weighted by Gasteiger charge is -2.15. The monoisotopic (exact) mass is 362 g/mol. The van der Waals surface area contributed by atoms with E-state index in [0.29, 0.717) is 12.2 Å². The third kappa shape index (κ3) is 3.73. The number of amides is 1. The Morgan fingerprint density at radius 1 is 1.19 bits per heavy atom. The van der Waals surface area contributed by atoms with E-state index < -0.39 is 6.04 Å². The van der Waals surface area contributed by atoms with Gasteiger partial charge in [0.25, 0.3) is 5.91 Å². The number of aliphatic hydroxyl groups excluding tert-OH is 1. The molecule has 0 fully saturated rings. The highest BCUT2D eigenvalue weighted by Crippen LogP contribution is 2.24. The number of hydrogen-bond donors (Lipinski definition) is 3. The fourth-order valence-electron chi connectivity index (χ4n) is 2.93. The van der Waals surface area contributed by atoms with Crippen molar-refractivity contribution in [2.45, 2.75) is 12.5 Å². The van der Waals surface area contributed by atoms with Crippen molar-refractivity contribution in [1.29, 1.82) is 0 Å². The highest BCUT2D eigenvalue weighted by atomic mass is 16.5. The molecule has 1 unspecified atom stereocenters. The predicted molar refractivity (Wildman–Crippen MR) is 100 cm³/mol. The molecular formula is C20H18N4O3. The van der Waals surface area contributed by atoms with Gasteiger partial charge >= 0.3 is 0 Å². The predicted octanol–water partition coefficient (Wildman–Crippen LogP) is 2.55. The number of aromatic nitrogens is 3. The van der Waals surface area contributed by atoms with Gasteiger partial charge in [0, 0.05) is 17.0 Å². The number of carbonyl (C=O) groups excluding carboxylic acids is 1. The molecule has 0 saturated heterocycles. The van der Waals surface area contributed by atoms with Gasteiger partial charge in [-0.3, -0.25) is 9.89 Å². The van der Waals surface area contributed by atoms with Gasteiger partial charge < -0.3 is 14.9 Å². The number of carbonyl (C=O) groups is 1. The van der Waals surface area contributed by atoms with E-state index in [1.54, 1.807) is 12.3 Å². The Morgan fingerprint density at radius 3 is 2.85 bits per heavy atom. The SMILES string of the molecule is O=C(NC(CO)Cc1ccccc1)c1cc(-c2ccc3[nH]ncc3c2)on1. The Hall–Kier alpha value is -3.45. The number of aromatic amines is 1. The number of nitrogens with one attached hydrogen (secondary N) is 2. The summed E-state index contributed by atoms with van der Waals surface area (Å²) in [6.07, 6.45) is 2.25. The fraction of sp³-hybridized carbons (Fsp3) is 0.150. The Morgan fingerprint density at radius 2 is 2.04 bits per heavy atom. The highest BCUT2D eigenvalue weighted by Gasteiger charge is 2.18. The second-order valence-electron chi connectivity index (χ2n) is 6.29. The molecule has 4 rings (SSSR count). The van der Waals surface area contributed by atoms with Crippen LogP contribution in [0, 0.1) is 0 Å². The fourth-order valence-corrected chi connectivity index (χ4v) is 2.93. The number of fused-ring (bicyclic) bond motifs is 1. The summed E-state index contributed by atoms with van der Waals surface area (Å²) in [5, 5.41) is 24.1. The van der Waals surface area contributed by atoms with Crippen molar-refractivity contribution in [2.75, 3.05) is 6.61 Å². The Kier molecular flexibility index (Phi) is 4.67. The molecule has 1 atom stereocenters. The van der Waals surface area contributed by atoms with Crippen LogP contribution in [0.1, 0.15) is 16.1 Å². The first kappa shape index (κ1) is 17.0. The van der Waals surface area contributed by atoms with Crippen LogP contribution in [0.5, 0.6) is 0 Å². The molecule has 2 heterocycles. The van der Waals surface area contributed by atoms with Crippen LogP contribution < -0.4 is 5.32 Å². The second kappa shape index (κ2) is 7.43. The second-order valence-corrected chi connectivity index (χ2v) is 6.29. The summed E-state index contributed by atoms with van der Waals surface area (Å²) in [6.45, 7) is -0.164. The van der Waals surface area contributed by atoms with Crippen LogP contribution in [0.15, 0.2) is 65.3 Å². The zero-order valence-corrected chi connectivity index (χ0v) is 14.4. The number of hydrogen-bond acceptors (Lipinski definition) is 5. The van der Waals surface area contributed by atoms with E-state index in [2.05, 4.69) is 20.7 Å². The van der Waals surface area contributed by atoms with E-state index in [9.17, 15) is 9.90 Å². The van der Waals surface area contributed by atoms with E-state index in [4.69, 9.17) is 4.52 Å². The lowest BCUT2D eigenvalue weighted by molar-refractivity contribution is 0.0907. The van der Waals surface area contributed by atoms with Gasteiger partial charge in [-0.05, 0) is 30.2 Å². The normalized spacial score (nSPS) is 12.2. The van der Waals surface area contributed by atoms with E-state index in [-0.39, 0.29) is 18.2 Å².